The Morgan fingerprint density at radius 3 is 2.78 bits per heavy atom. The van der Waals surface area contributed by atoms with Crippen molar-refractivity contribution in [1.29, 1.82) is 0 Å². The molecule has 18 heavy (non-hydrogen) atoms. The molecule has 7 heteroatoms. The number of thiazole rings is 1. The Balaban J connectivity index is 2.16. The summed E-state index contributed by atoms with van der Waals surface area (Å²) in [6.45, 7) is 0. The van der Waals surface area contributed by atoms with Gasteiger partial charge in [0.2, 0.25) is 0 Å². The number of amides is 1. The first-order valence-electron chi connectivity index (χ1n) is 4.94. The average molecular weight is 281 g/mol. The zero-order valence-corrected chi connectivity index (χ0v) is 11.0. The fourth-order valence-corrected chi connectivity index (χ4v) is 2.72. The molecule has 0 radical (unpaired) electrons. The molecule has 2 rings (SSSR count). The minimum atomic E-state index is -1.13. The molecule has 1 amide bonds. The molecule has 1 N–H and O–H groups in total. The van der Waals surface area contributed by atoms with Crippen molar-refractivity contribution in [2.45, 2.75) is 4.21 Å². The van der Waals surface area contributed by atoms with Gasteiger partial charge in [0.1, 0.15) is 4.21 Å². The number of nitrogens with one attached hydrogen (secondary N) is 1. The summed E-state index contributed by atoms with van der Waals surface area (Å²) in [5, 5.41) is 14.3. The maximum atomic E-state index is 11.8. The highest BCUT2D eigenvalue weighted by atomic mass is 32.2. The van der Waals surface area contributed by atoms with Crippen LogP contribution in [0.15, 0.2) is 34.7 Å². The third-order valence-corrected chi connectivity index (χ3v) is 4.45. The molecule has 1 aromatic carbocycles. The molecule has 1 unspecified atom stereocenters. The molecule has 1 aromatic heterocycles. The quantitative estimate of drug-likeness (QED) is 0.916. The van der Waals surface area contributed by atoms with E-state index in [2.05, 4.69) is 10.3 Å². The fourth-order valence-electron chi connectivity index (χ4n) is 1.27. The third-order valence-electron chi connectivity index (χ3n) is 2.12. The summed E-state index contributed by atoms with van der Waals surface area (Å²) in [4.78, 5) is 15.7. The fraction of sp³-hybridized carbons (Fsp3) is 0.0909. The number of hydrogen-bond acceptors (Lipinski definition) is 5. The zero-order chi connectivity index (χ0) is 13.1. The summed E-state index contributed by atoms with van der Waals surface area (Å²) >= 11 is 1.12. The van der Waals surface area contributed by atoms with Gasteiger partial charge in [-0.2, -0.15) is 0 Å². The van der Waals surface area contributed by atoms with Gasteiger partial charge in [0.05, 0.1) is 17.0 Å². The number of rotatable bonds is 3. The predicted molar refractivity (Wildman–Crippen MR) is 68.3 cm³/mol. The smallest absolute Gasteiger partial charge is 0.256 e. The van der Waals surface area contributed by atoms with Gasteiger partial charge < -0.3 is 5.11 Å². The van der Waals surface area contributed by atoms with Gasteiger partial charge in [-0.15, -0.1) is 0 Å². The molecule has 5 nitrogen and oxygen atoms in total. The van der Waals surface area contributed by atoms with Crippen molar-refractivity contribution in [3.05, 3.63) is 36.0 Å². The number of aromatic nitrogens is 1. The summed E-state index contributed by atoms with van der Waals surface area (Å²) in [7, 11) is -1.13. The van der Waals surface area contributed by atoms with Crippen molar-refractivity contribution in [2.24, 2.45) is 0 Å². The van der Waals surface area contributed by atoms with E-state index in [1.54, 1.807) is 12.1 Å². The van der Waals surface area contributed by atoms with E-state index in [0.29, 0.717) is 9.34 Å². The second kappa shape index (κ2) is 5.28. The minimum absolute atomic E-state index is 0.0619. The van der Waals surface area contributed by atoms with E-state index in [1.165, 1.54) is 24.6 Å². The molecule has 0 aliphatic heterocycles. The molecule has 0 saturated heterocycles. The van der Waals surface area contributed by atoms with Crippen molar-refractivity contribution in [3.8, 4) is 5.75 Å². The highest BCUT2D eigenvalue weighted by Gasteiger charge is 2.10. The summed E-state index contributed by atoms with van der Waals surface area (Å²) < 4.78 is 11.8. The van der Waals surface area contributed by atoms with Crippen LogP contribution in [-0.2, 0) is 10.8 Å². The van der Waals surface area contributed by atoms with E-state index in [4.69, 9.17) is 0 Å². The van der Waals surface area contributed by atoms with Crippen LogP contribution in [0.1, 0.15) is 10.4 Å². The number of carbonyl (C=O) groups excluding carboxylic acids is 1. The second-order valence-electron chi connectivity index (χ2n) is 3.39. The average Bonchev–Trinajstić information content (AvgIpc) is 2.78. The molecular formula is C11H9N2O3S2-. The Labute approximate surface area is 110 Å². The summed E-state index contributed by atoms with van der Waals surface area (Å²) in [6, 6.07) is 5.96. The number of para-hydroxylation sites is 1. The largest absolute Gasteiger partial charge is 0.872 e. The lowest BCUT2D eigenvalue weighted by atomic mass is 10.2. The number of hydrogen-bond donors (Lipinski definition) is 1. The molecule has 0 aliphatic rings. The molecule has 1 atom stereocenters. The Morgan fingerprint density at radius 1 is 1.44 bits per heavy atom. The molecule has 0 bridgehead atoms. The van der Waals surface area contributed by atoms with Gasteiger partial charge in [-0.3, -0.25) is 14.3 Å². The molecular weight excluding hydrogens is 272 g/mol. The van der Waals surface area contributed by atoms with Crippen LogP contribution < -0.4 is 10.4 Å². The maximum Gasteiger partial charge on any atom is 0.256 e. The van der Waals surface area contributed by atoms with Crippen molar-refractivity contribution >= 4 is 33.2 Å². The Bertz CT molecular complexity index is 610. The Kier molecular flexibility index (Phi) is 3.73. The number of carbonyl (C=O) groups is 1. The van der Waals surface area contributed by atoms with Crippen molar-refractivity contribution in [3.63, 3.8) is 0 Å². The van der Waals surface area contributed by atoms with Crippen molar-refractivity contribution in [2.75, 3.05) is 11.6 Å². The van der Waals surface area contributed by atoms with E-state index in [-0.39, 0.29) is 11.3 Å². The molecule has 0 aliphatic carbocycles. The minimum Gasteiger partial charge on any atom is -0.872 e. The van der Waals surface area contributed by atoms with E-state index in [0.717, 1.165) is 11.3 Å². The lowest BCUT2D eigenvalue weighted by molar-refractivity contribution is -0.268. The molecule has 0 spiro atoms. The van der Waals surface area contributed by atoms with Gasteiger partial charge in [-0.25, -0.2) is 4.98 Å². The first-order chi connectivity index (χ1) is 8.58. The number of nitrogens with zero attached hydrogens (tertiary/aromatic N) is 1. The lowest BCUT2D eigenvalue weighted by Gasteiger charge is -2.11. The highest BCUT2D eigenvalue weighted by Crippen LogP contribution is 2.22. The Morgan fingerprint density at radius 2 is 2.17 bits per heavy atom. The lowest BCUT2D eigenvalue weighted by Crippen LogP contribution is -2.14. The first kappa shape index (κ1) is 12.7. The standard InChI is InChI=1S/C11H10N2O3S2/c1-18(16)9-6-12-11(17-9)13-10(15)7-4-2-3-5-8(7)14/h2-6,14H,1H3,(H,12,13,15)/p-1. The topological polar surface area (TPSA) is 82.1 Å². The van der Waals surface area contributed by atoms with Crippen LogP contribution in [0, 0.1) is 0 Å². The van der Waals surface area contributed by atoms with Gasteiger partial charge in [0, 0.05) is 11.8 Å². The highest BCUT2D eigenvalue weighted by molar-refractivity contribution is 7.86. The molecule has 1 heterocycles. The van der Waals surface area contributed by atoms with Crippen LogP contribution >= 0.6 is 11.3 Å². The van der Waals surface area contributed by atoms with Crippen LogP contribution in [0.3, 0.4) is 0 Å². The van der Waals surface area contributed by atoms with Crippen molar-refractivity contribution < 1.29 is 14.1 Å². The summed E-state index contributed by atoms with van der Waals surface area (Å²) in [6.07, 6.45) is 2.98. The van der Waals surface area contributed by atoms with E-state index < -0.39 is 16.7 Å². The molecule has 2 aromatic rings. The van der Waals surface area contributed by atoms with Crippen LogP contribution in [0.5, 0.6) is 5.75 Å². The van der Waals surface area contributed by atoms with Crippen LogP contribution in [-0.4, -0.2) is 21.4 Å². The number of benzene rings is 1. The summed E-state index contributed by atoms with van der Waals surface area (Å²) in [5.74, 6) is -0.853. The van der Waals surface area contributed by atoms with Crippen molar-refractivity contribution in [1.82, 2.24) is 4.98 Å². The van der Waals surface area contributed by atoms with Crippen LogP contribution in [0.4, 0.5) is 5.13 Å². The van der Waals surface area contributed by atoms with E-state index in [1.807, 2.05) is 0 Å². The molecule has 0 fully saturated rings. The summed E-state index contributed by atoms with van der Waals surface area (Å²) in [5.41, 5.74) is 0.0619. The van der Waals surface area contributed by atoms with Gasteiger partial charge in [-0.1, -0.05) is 41.4 Å². The first-order valence-corrected chi connectivity index (χ1v) is 7.32. The van der Waals surface area contributed by atoms with Gasteiger partial charge in [0.25, 0.3) is 5.91 Å². The Hall–Kier alpha value is -1.73. The predicted octanol–water partition coefficient (Wildman–Crippen LogP) is 1.21. The van der Waals surface area contributed by atoms with Gasteiger partial charge in [0.15, 0.2) is 5.13 Å². The van der Waals surface area contributed by atoms with Gasteiger partial charge in [-0.05, 0) is 0 Å². The van der Waals surface area contributed by atoms with Crippen LogP contribution in [0.2, 0.25) is 0 Å². The second-order valence-corrected chi connectivity index (χ2v) is 6.03. The number of anilines is 1. The molecule has 0 saturated carbocycles. The van der Waals surface area contributed by atoms with E-state index in [9.17, 15) is 14.1 Å². The SMILES string of the molecule is CS(=O)c1cnc(NC(=O)c2ccccc2[O-])s1. The normalized spacial score (nSPS) is 12.1. The zero-order valence-electron chi connectivity index (χ0n) is 9.38. The van der Waals surface area contributed by atoms with Gasteiger partial charge >= 0.3 is 0 Å². The monoisotopic (exact) mass is 281 g/mol. The van der Waals surface area contributed by atoms with E-state index >= 15 is 0 Å². The third kappa shape index (κ3) is 2.74. The molecule has 94 valence electrons. The van der Waals surface area contributed by atoms with Crippen LogP contribution in [0.25, 0.3) is 0 Å². The maximum absolute atomic E-state index is 11.8.